The molecule has 2 atom stereocenters. The molecule has 0 aliphatic rings. The van der Waals surface area contributed by atoms with Crippen LogP contribution in [0.25, 0.3) is 0 Å². The molecule has 0 saturated carbocycles. The van der Waals surface area contributed by atoms with Crippen molar-refractivity contribution in [3.05, 3.63) is 137 Å². The Bertz CT molecular complexity index is 2560. The predicted molar refractivity (Wildman–Crippen MR) is 252 cm³/mol. The summed E-state index contributed by atoms with van der Waals surface area (Å²) in [5.41, 5.74) is 2.72. The van der Waals surface area contributed by atoms with Crippen molar-refractivity contribution in [2.45, 2.75) is 52.6 Å². The summed E-state index contributed by atoms with van der Waals surface area (Å²) in [6.45, 7) is 6.00. The number of hydrogen-bond acceptors (Lipinski definition) is 10. The lowest BCUT2D eigenvalue weighted by molar-refractivity contribution is -0.127. The third-order valence-electron chi connectivity index (χ3n) is 9.20. The molecule has 0 heterocycles. The fraction of sp³-hybridized carbons (Fsp3) is 0.182. The van der Waals surface area contributed by atoms with E-state index in [0.29, 0.717) is 56.8 Å². The first kappa shape index (κ1) is 49.3. The summed E-state index contributed by atoms with van der Waals surface area (Å²) in [7, 11) is 0. The zero-order valence-corrected chi connectivity index (χ0v) is 38.7. The number of aryl methyl sites for hydroxylation is 2. The zero-order chi connectivity index (χ0) is 46.8. The summed E-state index contributed by atoms with van der Waals surface area (Å²) in [5, 5.41) is 28.3. The van der Waals surface area contributed by atoms with Gasteiger partial charge in [-0.3, -0.25) is 28.8 Å². The maximum Gasteiger partial charge on any atom is 0.258 e. The number of carbonyl (C=O) groups excluding carboxylic acids is 6. The van der Waals surface area contributed by atoms with E-state index in [1.54, 1.807) is 24.3 Å². The van der Waals surface area contributed by atoms with Gasteiger partial charge in [0.2, 0.25) is 12.1 Å². The van der Waals surface area contributed by atoms with Crippen molar-refractivity contribution in [2.75, 3.05) is 21.3 Å². The van der Waals surface area contributed by atoms with Crippen molar-refractivity contribution in [3.8, 4) is 0 Å². The Morgan fingerprint density at radius 1 is 0.469 bits per heavy atom. The average molecular weight is 986 g/mol. The summed E-state index contributed by atoms with van der Waals surface area (Å²) in [4.78, 5) is 78.7. The Morgan fingerprint density at radius 3 is 1.17 bits per heavy atom. The Morgan fingerprint density at radius 2 is 0.844 bits per heavy atom. The first-order chi connectivity index (χ1) is 30.4. The maximum absolute atomic E-state index is 13.6. The molecule has 0 aliphatic heterocycles. The fourth-order valence-corrected chi connectivity index (χ4v) is 7.17. The lowest BCUT2D eigenvalue weighted by Crippen LogP contribution is -2.33. The molecule has 0 aromatic heterocycles. The van der Waals surface area contributed by atoms with E-state index in [4.69, 9.17) is 69.6 Å². The van der Waals surface area contributed by atoms with Crippen molar-refractivity contribution < 1.29 is 28.8 Å². The minimum absolute atomic E-state index is 0.0246. The second kappa shape index (κ2) is 22.2. The highest BCUT2D eigenvalue weighted by Crippen LogP contribution is 2.32. The van der Waals surface area contributed by atoms with Crippen molar-refractivity contribution in [3.63, 3.8) is 0 Å². The van der Waals surface area contributed by atoms with E-state index >= 15 is 0 Å². The lowest BCUT2D eigenvalue weighted by atomic mass is 10.0. The van der Waals surface area contributed by atoms with Gasteiger partial charge in [-0.25, -0.2) is 0 Å². The molecule has 4 amide bonds. The molecule has 5 aromatic rings. The number of nitrogens with one attached hydrogen (secondary N) is 4. The third kappa shape index (κ3) is 12.7. The minimum Gasteiger partial charge on any atom is -0.323 e. The van der Waals surface area contributed by atoms with E-state index in [1.807, 2.05) is 13.8 Å². The molecule has 0 fully saturated rings. The molecule has 4 N–H and O–H groups in total. The van der Waals surface area contributed by atoms with Gasteiger partial charge in [-0.15, -0.1) is 0 Å². The van der Waals surface area contributed by atoms with Gasteiger partial charge in [0.15, 0.2) is 11.6 Å². The quantitative estimate of drug-likeness (QED) is 0.0560. The first-order valence-corrected chi connectivity index (χ1v) is 21.4. The second-order valence-electron chi connectivity index (χ2n) is 13.8. The molecule has 2 unspecified atom stereocenters. The summed E-state index contributed by atoms with van der Waals surface area (Å²) in [5.74, 6) is -4.03. The van der Waals surface area contributed by atoms with Gasteiger partial charge in [-0.05, 0) is 123 Å². The number of nitrogens with zero attached hydrogens (tertiary/aromatic N) is 4. The standard InChI is InChI=1S/C44H36Cl6N8O6/c1-5-23-15-38(54-44(64)40(22(4)60)58-56-28-10-12-32(48)30(20-28)42(62)52-36-14-8-26(46)18-34(36)50)24(6-2)16-37(23)53-43(63)39(21(3)59)57-55-27-9-11-31(47)29(19-27)41(61)51-35-13-7-25(45)17-33(35)49/h7-20,39-40H,5-6H2,1-4H3,(H,51,61)(H,52,62)(H,53,63)(H,54,64). The van der Waals surface area contributed by atoms with Crippen LogP contribution in [0.4, 0.5) is 34.1 Å². The van der Waals surface area contributed by atoms with Gasteiger partial charge < -0.3 is 21.3 Å². The third-order valence-corrected chi connectivity index (χ3v) is 11.0. The van der Waals surface area contributed by atoms with Crippen LogP contribution in [0.2, 0.25) is 30.1 Å². The number of amides is 4. The summed E-state index contributed by atoms with van der Waals surface area (Å²) in [6, 6.07) is 17.6. The normalized spacial score (nSPS) is 12.2. The zero-order valence-electron chi connectivity index (χ0n) is 34.2. The number of rotatable bonds is 16. The number of anilines is 4. The van der Waals surface area contributed by atoms with Gasteiger partial charge in [0, 0.05) is 21.4 Å². The van der Waals surface area contributed by atoms with E-state index in [0.717, 1.165) is 0 Å². The molecule has 0 radical (unpaired) electrons. The molecule has 0 bridgehead atoms. The summed E-state index contributed by atoms with van der Waals surface area (Å²) in [6.07, 6.45) is 0.746. The van der Waals surface area contributed by atoms with E-state index in [-0.39, 0.29) is 42.6 Å². The highest BCUT2D eigenvalue weighted by Gasteiger charge is 2.27. The first-order valence-electron chi connectivity index (χ1n) is 19.1. The van der Waals surface area contributed by atoms with E-state index in [2.05, 4.69) is 41.7 Å². The van der Waals surface area contributed by atoms with Gasteiger partial charge in [-0.2, -0.15) is 20.5 Å². The SMILES string of the molecule is CCc1cc(NC(=O)C(N=Nc2ccc(Cl)c(C(=O)Nc3ccc(Cl)cc3Cl)c2)C(C)=O)c(CC)cc1NC(=O)C(N=Nc1ccc(Cl)c(C(=O)Nc2ccc(Cl)cc2Cl)c1)C(C)=O. The van der Waals surface area contributed by atoms with E-state index in [9.17, 15) is 28.8 Å². The molecular weight excluding hydrogens is 949 g/mol. The number of benzene rings is 5. The van der Waals surface area contributed by atoms with Crippen LogP contribution < -0.4 is 21.3 Å². The number of ketones is 2. The van der Waals surface area contributed by atoms with Gasteiger partial charge in [0.1, 0.15) is 0 Å². The number of azo groups is 2. The van der Waals surface area contributed by atoms with Gasteiger partial charge in [0.05, 0.1) is 54.0 Å². The Kier molecular flexibility index (Phi) is 17.1. The van der Waals surface area contributed by atoms with Gasteiger partial charge in [0.25, 0.3) is 23.6 Å². The average Bonchev–Trinajstić information content (AvgIpc) is 3.24. The smallest absolute Gasteiger partial charge is 0.258 e. The van der Waals surface area contributed by atoms with Crippen LogP contribution >= 0.6 is 69.6 Å². The lowest BCUT2D eigenvalue weighted by Gasteiger charge is -2.18. The summed E-state index contributed by atoms with van der Waals surface area (Å²) < 4.78 is 0. The second-order valence-corrected chi connectivity index (χ2v) is 16.3. The Hall–Kier alpha value is -5.74. The highest BCUT2D eigenvalue weighted by molar-refractivity contribution is 6.38. The van der Waals surface area contributed by atoms with Crippen molar-refractivity contribution in [1.29, 1.82) is 0 Å². The van der Waals surface area contributed by atoms with Crippen LogP contribution in [0.5, 0.6) is 0 Å². The topological polar surface area (TPSA) is 200 Å². The van der Waals surface area contributed by atoms with Crippen molar-refractivity contribution in [1.82, 2.24) is 0 Å². The summed E-state index contributed by atoms with van der Waals surface area (Å²) >= 11 is 36.9. The molecule has 0 aliphatic carbocycles. The van der Waals surface area contributed by atoms with Gasteiger partial charge >= 0.3 is 0 Å². The van der Waals surface area contributed by atoms with Crippen LogP contribution in [0.1, 0.15) is 59.5 Å². The maximum atomic E-state index is 13.6. The van der Waals surface area contributed by atoms with Crippen LogP contribution in [-0.2, 0) is 32.0 Å². The fourth-order valence-electron chi connectivity index (χ4n) is 5.85. The molecule has 5 rings (SSSR count). The number of Topliss-reactive ketones (excluding diaryl/α,β-unsaturated/α-hetero) is 2. The monoisotopic (exact) mass is 982 g/mol. The number of carbonyl (C=O) groups is 6. The van der Waals surface area contributed by atoms with Gasteiger partial charge in [-0.1, -0.05) is 83.5 Å². The molecule has 0 saturated heterocycles. The molecule has 64 heavy (non-hydrogen) atoms. The predicted octanol–water partition coefficient (Wildman–Crippen LogP) is 12.6. The number of hydrogen-bond donors (Lipinski definition) is 4. The molecular formula is C44H36Cl6N8O6. The Balaban J connectivity index is 1.30. The number of halogens is 6. The highest BCUT2D eigenvalue weighted by atomic mass is 35.5. The van der Waals surface area contributed by atoms with Crippen LogP contribution in [0.15, 0.2) is 105 Å². The molecule has 14 nitrogen and oxygen atoms in total. The molecule has 0 spiro atoms. The van der Waals surface area contributed by atoms with E-state index in [1.165, 1.54) is 74.5 Å². The van der Waals surface area contributed by atoms with Crippen LogP contribution in [0, 0.1) is 0 Å². The van der Waals surface area contributed by atoms with Crippen LogP contribution in [-0.4, -0.2) is 47.3 Å². The molecule has 330 valence electrons. The molecule has 5 aromatic carbocycles. The molecule has 20 heteroatoms. The van der Waals surface area contributed by atoms with Crippen molar-refractivity contribution >= 4 is 139 Å². The van der Waals surface area contributed by atoms with Crippen LogP contribution in [0.3, 0.4) is 0 Å². The van der Waals surface area contributed by atoms with Crippen molar-refractivity contribution in [2.24, 2.45) is 20.5 Å². The van der Waals surface area contributed by atoms with E-state index < -0.39 is 47.3 Å². The Labute approximate surface area is 397 Å². The minimum atomic E-state index is -1.58. The largest absolute Gasteiger partial charge is 0.323 e.